The summed E-state index contributed by atoms with van der Waals surface area (Å²) in [7, 11) is 2.32. The van der Waals surface area contributed by atoms with Crippen LogP contribution >= 0.6 is 0 Å². The van der Waals surface area contributed by atoms with Gasteiger partial charge in [-0.25, -0.2) is 0 Å². The van der Waals surface area contributed by atoms with Crippen LogP contribution in [0.3, 0.4) is 0 Å². The summed E-state index contributed by atoms with van der Waals surface area (Å²) in [5.74, 6) is 0. The molecule has 0 spiro atoms. The first kappa shape index (κ1) is 14.7. The Morgan fingerprint density at radius 3 is 3.00 bits per heavy atom. The average molecular weight is 341 g/mol. The minimum Gasteiger partial charge on any atom is -0.320 e. The number of pyridine rings is 1. The Balaban J connectivity index is 1.60. The third kappa shape index (κ3) is 1.84. The molecule has 4 heterocycles. The van der Waals surface area contributed by atoms with Gasteiger partial charge in [-0.2, -0.15) is 0 Å². The fourth-order valence-corrected chi connectivity index (χ4v) is 5.41. The van der Waals surface area contributed by atoms with Crippen LogP contribution in [0.2, 0.25) is 0 Å². The molecular weight excluding hydrogens is 318 g/mol. The molecule has 3 aliphatic rings. The smallest absolute Gasteiger partial charge is 0.0529 e. The van der Waals surface area contributed by atoms with E-state index in [-0.39, 0.29) is 0 Å². The monoisotopic (exact) mass is 341 g/mol. The molecular formula is C23H23N3. The van der Waals surface area contributed by atoms with Crippen molar-refractivity contribution in [1.82, 2.24) is 14.5 Å². The van der Waals surface area contributed by atoms with E-state index in [1.165, 1.54) is 52.4 Å². The second-order valence-electron chi connectivity index (χ2n) is 8.23. The molecule has 0 amide bonds. The van der Waals surface area contributed by atoms with Crippen LogP contribution in [0.5, 0.6) is 0 Å². The molecule has 26 heavy (non-hydrogen) atoms. The number of rotatable bonds is 1. The van der Waals surface area contributed by atoms with Crippen molar-refractivity contribution in [2.75, 3.05) is 7.05 Å². The topological polar surface area (TPSA) is 21.1 Å². The van der Waals surface area contributed by atoms with Crippen LogP contribution < -0.4 is 0 Å². The Kier molecular flexibility index (Phi) is 2.88. The number of aryl methyl sites for hydroxylation is 1. The van der Waals surface area contributed by atoms with Crippen molar-refractivity contribution in [3.8, 4) is 0 Å². The Labute approximate surface area is 154 Å². The number of allylic oxidation sites excluding steroid dienone is 1. The van der Waals surface area contributed by atoms with Crippen LogP contribution in [0.1, 0.15) is 46.8 Å². The van der Waals surface area contributed by atoms with Crippen LogP contribution in [-0.4, -0.2) is 27.5 Å². The summed E-state index contributed by atoms with van der Waals surface area (Å²) in [5, 5.41) is 1.46. The molecule has 1 saturated heterocycles. The maximum absolute atomic E-state index is 4.25. The lowest BCUT2D eigenvalue weighted by atomic mass is 9.85. The van der Waals surface area contributed by atoms with E-state index in [2.05, 4.69) is 58.9 Å². The first-order valence-corrected chi connectivity index (χ1v) is 9.70. The van der Waals surface area contributed by atoms with Crippen molar-refractivity contribution >= 4 is 22.7 Å². The van der Waals surface area contributed by atoms with Crippen LogP contribution in [0.4, 0.5) is 0 Å². The molecule has 2 atom stereocenters. The number of hydrogen-bond donors (Lipinski definition) is 0. The highest BCUT2D eigenvalue weighted by atomic mass is 15.2. The van der Waals surface area contributed by atoms with E-state index >= 15 is 0 Å². The molecule has 6 rings (SSSR count). The Bertz CT molecular complexity index is 1090. The number of fused-ring (bicyclic) bond motifs is 7. The molecule has 1 fully saturated rings. The predicted octanol–water partition coefficient (Wildman–Crippen LogP) is 4.59. The molecule has 0 radical (unpaired) electrons. The van der Waals surface area contributed by atoms with E-state index in [0.29, 0.717) is 12.1 Å². The Morgan fingerprint density at radius 1 is 1.19 bits per heavy atom. The highest BCUT2D eigenvalue weighted by Gasteiger charge is 2.40. The molecule has 3 heteroatoms. The Hall–Kier alpha value is -2.39. The molecule has 2 aromatic heterocycles. The zero-order valence-electron chi connectivity index (χ0n) is 15.4. The van der Waals surface area contributed by atoms with E-state index in [1.54, 1.807) is 11.3 Å². The molecule has 1 aliphatic carbocycles. The zero-order chi connectivity index (χ0) is 17.4. The van der Waals surface area contributed by atoms with Crippen molar-refractivity contribution in [2.24, 2.45) is 0 Å². The van der Waals surface area contributed by atoms with E-state index < -0.39 is 0 Å². The van der Waals surface area contributed by atoms with E-state index in [4.69, 9.17) is 0 Å². The Morgan fingerprint density at radius 2 is 2.12 bits per heavy atom. The van der Waals surface area contributed by atoms with Gasteiger partial charge in [0.25, 0.3) is 0 Å². The number of hydrogen-bond acceptors (Lipinski definition) is 2. The molecule has 3 nitrogen and oxygen atoms in total. The average Bonchev–Trinajstić information content (AvgIpc) is 3.03. The fourth-order valence-electron chi connectivity index (χ4n) is 5.41. The van der Waals surface area contributed by atoms with Gasteiger partial charge in [-0.15, -0.1) is 0 Å². The molecule has 3 aromatic rings. The minimum atomic E-state index is 0.588. The van der Waals surface area contributed by atoms with Crippen LogP contribution in [0.25, 0.3) is 22.7 Å². The summed E-state index contributed by atoms with van der Waals surface area (Å²) < 4.78 is 2.52. The van der Waals surface area contributed by atoms with Crippen molar-refractivity contribution in [2.45, 2.75) is 44.7 Å². The number of aromatic nitrogens is 2. The highest BCUT2D eigenvalue weighted by molar-refractivity contribution is 5.93. The zero-order valence-corrected chi connectivity index (χ0v) is 15.4. The second-order valence-corrected chi connectivity index (χ2v) is 8.23. The van der Waals surface area contributed by atoms with Crippen molar-refractivity contribution in [1.29, 1.82) is 0 Å². The number of nitrogens with zero attached hydrogens (tertiary/aromatic N) is 3. The summed E-state index contributed by atoms with van der Waals surface area (Å²) in [6.45, 7) is 2.21. The largest absolute Gasteiger partial charge is 0.320 e. The molecule has 130 valence electrons. The molecule has 2 unspecified atom stereocenters. The summed E-state index contributed by atoms with van der Waals surface area (Å²) in [6.07, 6.45) is 11.2. The standard InChI is InChI=1S/C23H23N3/c1-14-3-5-20-19(9-14)23-21-6-4-17(25(21)2)11-22(23)26(20)13-16-10-15-12-24-8-7-18(15)16/h3,5,7-9,12-13,17,21H,4,6,10-11H2,1-2H3. The summed E-state index contributed by atoms with van der Waals surface area (Å²) in [5.41, 5.74) is 10.1. The predicted molar refractivity (Wildman–Crippen MR) is 106 cm³/mol. The minimum absolute atomic E-state index is 0.588. The first-order chi connectivity index (χ1) is 12.7. The maximum Gasteiger partial charge on any atom is 0.0529 e. The van der Waals surface area contributed by atoms with E-state index in [9.17, 15) is 0 Å². The van der Waals surface area contributed by atoms with Crippen molar-refractivity contribution in [3.05, 3.63) is 64.6 Å². The van der Waals surface area contributed by atoms with E-state index in [0.717, 1.165) is 6.42 Å². The summed E-state index contributed by atoms with van der Waals surface area (Å²) in [4.78, 5) is 6.87. The van der Waals surface area contributed by atoms with Gasteiger partial charge in [0, 0.05) is 54.6 Å². The van der Waals surface area contributed by atoms with Gasteiger partial charge >= 0.3 is 0 Å². The first-order valence-electron chi connectivity index (χ1n) is 9.70. The van der Waals surface area contributed by atoms with Crippen molar-refractivity contribution in [3.63, 3.8) is 0 Å². The van der Waals surface area contributed by atoms with Gasteiger partial charge in [-0.3, -0.25) is 9.88 Å². The SMILES string of the molecule is Cc1ccc2c(c1)c1c(n2C=C2Cc3cnccc32)CC2CCC1N2C. The van der Waals surface area contributed by atoms with Gasteiger partial charge in [0.2, 0.25) is 0 Å². The molecule has 0 saturated carbocycles. The van der Waals surface area contributed by atoms with Gasteiger partial charge in [-0.1, -0.05) is 11.6 Å². The van der Waals surface area contributed by atoms with Gasteiger partial charge in [0.15, 0.2) is 0 Å². The quantitative estimate of drug-likeness (QED) is 0.645. The summed E-state index contributed by atoms with van der Waals surface area (Å²) in [6, 6.07) is 10.4. The van der Waals surface area contributed by atoms with Gasteiger partial charge < -0.3 is 4.57 Å². The summed E-state index contributed by atoms with van der Waals surface area (Å²) >= 11 is 0. The van der Waals surface area contributed by atoms with Crippen LogP contribution in [-0.2, 0) is 12.8 Å². The molecule has 2 aliphatic heterocycles. The molecule has 2 bridgehead atoms. The fraction of sp³-hybridized carbons (Fsp3) is 0.348. The van der Waals surface area contributed by atoms with E-state index in [1.807, 2.05) is 12.4 Å². The normalized spacial score (nSPS) is 25.4. The van der Waals surface area contributed by atoms with Crippen LogP contribution in [0, 0.1) is 6.92 Å². The lowest BCUT2D eigenvalue weighted by Gasteiger charge is -2.32. The number of likely N-dealkylation sites (N-methyl/N-ethyl adjacent to an activating group) is 1. The highest BCUT2D eigenvalue weighted by Crippen LogP contribution is 2.47. The number of benzene rings is 1. The second kappa shape index (κ2) is 5.08. The van der Waals surface area contributed by atoms with Gasteiger partial charge in [0.05, 0.1) is 5.52 Å². The molecule has 1 aromatic carbocycles. The van der Waals surface area contributed by atoms with Crippen molar-refractivity contribution < 1.29 is 0 Å². The third-order valence-corrected chi connectivity index (χ3v) is 6.82. The van der Waals surface area contributed by atoms with Gasteiger partial charge in [0.1, 0.15) is 0 Å². The van der Waals surface area contributed by atoms with Gasteiger partial charge in [-0.05, 0) is 67.3 Å². The lowest BCUT2D eigenvalue weighted by Crippen LogP contribution is -2.34. The third-order valence-electron chi connectivity index (χ3n) is 6.82. The maximum atomic E-state index is 4.25. The van der Waals surface area contributed by atoms with Crippen LogP contribution in [0.15, 0.2) is 36.7 Å². The lowest BCUT2D eigenvalue weighted by molar-refractivity contribution is 0.223. The molecule has 0 N–H and O–H groups in total.